The number of rotatable bonds is 4. The van der Waals surface area contributed by atoms with E-state index in [4.69, 9.17) is 0 Å². The molecule has 0 unspecified atom stereocenters. The van der Waals surface area contributed by atoms with E-state index in [1.54, 1.807) is 0 Å². The molecule has 3 heteroatoms. The van der Waals surface area contributed by atoms with Gasteiger partial charge in [-0.25, -0.2) is 0 Å². The second-order valence-electron chi connectivity index (χ2n) is 4.53. The van der Waals surface area contributed by atoms with Crippen LogP contribution >= 0.6 is 15.9 Å². The Balaban J connectivity index is 2.77. The first kappa shape index (κ1) is 13.2. The van der Waals surface area contributed by atoms with E-state index in [1.807, 2.05) is 45.0 Å². The molecule has 0 aliphatic carbocycles. The first-order valence-electron chi connectivity index (χ1n) is 5.46. The van der Waals surface area contributed by atoms with Gasteiger partial charge in [0, 0.05) is 16.4 Å². The number of amides is 1. The third-order valence-corrected chi connectivity index (χ3v) is 3.49. The summed E-state index contributed by atoms with van der Waals surface area (Å²) in [5.74, 6) is 0.0710. The highest BCUT2D eigenvalue weighted by Crippen LogP contribution is 2.22. The number of nitrogens with one attached hydrogen (secondary N) is 1. The normalized spacial score (nSPS) is 11.2. The average molecular weight is 284 g/mol. The Hall–Kier alpha value is -0.830. The number of carbonyl (C=O) groups is 1. The molecular weight excluding hydrogens is 266 g/mol. The zero-order chi connectivity index (χ0) is 12.2. The van der Waals surface area contributed by atoms with Gasteiger partial charge in [0.2, 0.25) is 5.91 Å². The Bertz CT molecular complexity index is 374. The maximum Gasteiger partial charge on any atom is 0.230 e. The number of benzene rings is 1. The van der Waals surface area contributed by atoms with Crippen LogP contribution in [0.1, 0.15) is 32.8 Å². The molecule has 0 bridgehead atoms. The van der Waals surface area contributed by atoms with Gasteiger partial charge in [0.05, 0.1) is 0 Å². The number of halogens is 1. The molecule has 1 rings (SSSR count). The lowest BCUT2D eigenvalue weighted by molar-refractivity contribution is -0.124. The lowest BCUT2D eigenvalue weighted by atomic mass is 9.89. The molecule has 0 radical (unpaired) electrons. The van der Waals surface area contributed by atoms with Crippen molar-refractivity contribution in [2.24, 2.45) is 5.41 Å². The van der Waals surface area contributed by atoms with Crippen molar-refractivity contribution in [3.63, 3.8) is 0 Å². The van der Waals surface area contributed by atoms with E-state index >= 15 is 0 Å². The molecule has 2 nitrogen and oxygen atoms in total. The van der Waals surface area contributed by atoms with Gasteiger partial charge in [-0.1, -0.05) is 48.8 Å². The second kappa shape index (κ2) is 5.48. The summed E-state index contributed by atoms with van der Waals surface area (Å²) in [6, 6.07) is 7.87. The molecular formula is C13H18BrNO. The van der Waals surface area contributed by atoms with E-state index in [2.05, 4.69) is 21.2 Å². The minimum atomic E-state index is -0.315. The van der Waals surface area contributed by atoms with Crippen LogP contribution in [0.5, 0.6) is 0 Å². The number of hydrogen-bond donors (Lipinski definition) is 1. The number of alkyl halides is 1. The summed E-state index contributed by atoms with van der Waals surface area (Å²) in [5.41, 5.74) is 1.71. The van der Waals surface area contributed by atoms with Crippen LogP contribution in [-0.4, -0.2) is 5.91 Å². The molecule has 0 atom stereocenters. The smallest absolute Gasteiger partial charge is 0.230 e. The van der Waals surface area contributed by atoms with Gasteiger partial charge in [0.1, 0.15) is 0 Å². The molecule has 1 N–H and O–H groups in total. The van der Waals surface area contributed by atoms with Crippen molar-refractivity contribution in [1.82, 2.24) is 0 Å². The molecule has 0 aliphatic rings. The number of hydrogen-bond acceptors (Lipinski definition) is 1. The van der Waals surface area contributed by atoms with E-state index in [0.717, 1.165) is 23.0 Å². The monoisotopic (exact) mass is 283 g/mol. The van der Waals surface area contributed by atoms with Gasteiger partial charge in [0.15, 0.2) is 0 Å². The van der Waals surface area contributed by atoms with Crippen LogP contribution in [0.4, 0.5) is 5.69 Å². The summed E-state index contributed by atoms with van der Waals surface area (Å²) >= 11 is 3.40. The van der Waals surface area contributed by atoms with Crippen molar-refractivity contribution in [2.75, 3.05) is 5.32 Å². The molecule has 0 aliphatic heterocycles. The predicted molar refractivity (Wildman–Crippen MR) is 71.8 cm³/mol. The zero-order valence-corrected chi connectivity index (χ0v) is 11.6. The highest BCUT2D eigenvalue weighted by molar-refractivity contribution is 9.08. The van der Waals surface area contributed by atoms with E-state index in [-0.39, 0.29) is 11.3 Å². The average Bonchev–Trinajstić information content (AvgIpc) is 2.29. The zero-order valence-electron chi connectivity index (χ0n) is 10.0. The van der Waals surface area contributed by atoms with Gasteiger partial charge < -0.3 is 5.32 Å². The van der Waals surface area contributed by atoms with Gasteiger partial charge in [-0.05, 0) is 24.1 Å². The van der Waals surface area contributed by atoms with Crippen molar-refractivity contribution < 1.29 is 4.79 Å². The molecule has 0 heterocycles. The highest BCUT2D eigenvalue weighted by atomic mass is 79.9. The second-order valence-corrected chi connectivity index (χ2v) is 5.09. The van der Waals surface area contributed by atoms with Crippen LogP contribution in [0, 0.1) is 5.41 Å². The van der Waals surface area contributed by atoms with Gasteiger partial charge in [-0.3, -0.25) is 4.79 Å². The Kier molecular flexibility index (Phi) is 4.54. The predicted octanol–water partition coefficient (Wildman–Crippen LogP) is 3.96. The summed E-state index contributed by atoms with van der Waals surface area (Å²) in [5, 5.41) is 3.75. The fraction of sp³-hybridized carbons (Fsp3) is 0.462. The maximum atomic E-state index is 11.9. The van der Waals surface area contributed by atoms with Crippen molar-refractivity contribution in [2.45, 2.75) is 32.5 Å². The van der Waals surface area contributed by atoms with Crippen molar-refractivity contribution >= 4 is 27.5 Å². The van der Waals surface area contributed by atoms with E-state index in [0.29, 0.717) is 0 Å². The maximum absolute atomic E-state index is 11.9. The summed E-state index contributed by atoms with van der Waals surface area (Å²) in [4.78, 5) is 11.9. The first-order valence-corrected chi connectivity index (χ1v) is 6.58. The number of anilines is 1. The van der Waals surface area contributed by atoms with Gasteiger partial charge in [-0.15, -0.1) is 0 Å². The molecule has 0 aromatic heterocycles. The highest BCUT2D eigenvalue weighted by Gasteiger charge is 2.25. The van der Waals surface area contributed by atoms with Crippen LogP contribution in [-0.2, 0) is 10.1 Å². The number of carbonyl (C=O) groups excluding carboxylic acids is 1. The minimum absolute atomic E-state index is 0.0710. The largest absolute Gasteiger partial charge is 0.326 e. The van der Waals surface area contributed by atoms with Gasteiger partial charge in [0.25, 0.3) is 0 Å². The molecule has 1 aromatic carbocycles. The van der Waals surface area contributed by atoms with Crippen LogP contribution in [0.15, 0.2) is 24.3 Å². The van der Waals surface area contributed by atoms with Crippen molar-refractivity contribution in [3.8, 4) is 0 Å². The van der Waals surface area contributed by atoms with E-state index in [9.17, 15) is 4.79 Å². The van der Waals surface area contributed by atoms with Crippen LogP contribution in [0.3, 0.4) is 0 Å². The summed E-state index contributed by atoms with van der Waals surface area (Å²) in [7, 11) is 0. The molecule has 1 amide bonds. The molecule has 0 fully saturated rings. The first-order chi connectivity index (χ1) is 7.49. The standard InChI is InChI=1S/C13H18BrNO/c1-4-13(2,3)12(16)15-11-7-5-6-10(8-11)9-14/h5-8H,4,9H2,1-3H3,(H,15,16). The molecule has 0 saturated heterocycles. The van der Waals surface area contributed by atoms with E-state index < -0.39 is 0 Å². The Morgan fingerprint density at radius 1 is 1.44 bits per heavy atom. The summed E-state index contributed by atoms with van der Waals surface area (Å²) < 4.78 is 0. The Labute approximate surface area is 106 Å². The molecule has 1 aromatic rings. The molecule has 16 heavy (non-hydrogen) atoms. The Morgan fingerprint density at radius 2 is 2.12 bits per heavy atom. The van der Waals surface area contributed by atoms with E-state index in [1.165, 1.54) is 0 Å². The fourth-order valence-electron chi connectivity index (χ4n) is 1.19. The van der Waals surface area contributed by atoms with Gasteiger partial charge in [-0.2, -0.15) is 0 Å². The van der Waals surface area contributed by atoms with Crippen molar-refractivity contribution in [1.29, 1.82) is 0 Å². The van der Waals surface area contributed by atoms with Crippen molar-refractivity contribution in [3.05, 3.63) is 29.8 Å². The summed E-state index contributed by atoms with van der Waals surface area (Å²) in [6.07, 6.45) is 0.830. The fourth-order valence-corrected chi connectivity index (χ4v) is 1.54. The van der Waals surface area contributed by atoms with Crippen LogP contribution in [0.25, 0.3) is 0 Å². The molecule has 0 spiro atoms. The topological polar surface area (TPSA) is 29.1 Å². The SMILES string of the molecule is CCC(C)(C)C(=O)Nc1cccc(CBr)c1. The quantitative estimate of drug-likeness (QED) is 0.833. The summed E-state index contributed by atoms with van der Waals surface area (Å²) in [6.45, 7) is 5.93. The lowest BCUT2D eigenvalue weighted by Crippen LogP contribution is -2.29. The minimum Gasteiger partial charge on any atom is -0.326 e. The van der Waals surface area contributed by atoms with Crippen LogP contribution in [0.2, 0.25) is 0 Å². The van der Waals surface area contributed by atoms with Gasteiger partial charge >= 0.3 is 0 Å². The molecule has 0 saturated carbocycles. The third kappa shape index (κ3) is 3.34. The van der Waals surface area contributed by atoms with Crippen LogP contribution < -0.4 is 5.32 Å². The Morgan fingerprint density at radius 3 is 2.69 bits per heavy atom. The lowest BCUT2D eigenvalue weighted by Gasteiger charge is -2.21. The molecule has 88 valence electrons. The third-order valence-electron chi connectivity index (χ3n) is 2.84.